The first kappa shape index (κ1) is 13.0. The summed E-state index contributed by atoms with van der Waals surface area (Å²) in [6.07, 6.45) is 0. The number of aromatic nitrogens is 2. The fourth-order valence-corrected chi connectivity index (χ4v) is 2.48. The number of rotatable bonds is 3. The molecule has 0 N–H and O–H groups in total. The summed E-state index contributed by atoms with van der Waals surface area (Å²) in [5.74, 6) is -1.58. The largest absolute Gasteiger partial charge is 0.473 e. The predicted molar refractivity (Wildman–Crippen MR) is 81.7 cm³/mol. The van der Waals surface area contributed by atoms with Crippen LogP contribution in [-0.2, 0) is 13.1 Å². The second-order valence-corrected chi connectivity index (χ2v) is 6.05. The molecule has 0 radical (unpaired) electrons. The van der Waals surface area contributed by atoms with Crippen molar-refractivity contribution in [3.05, 3.63) is 51.9 Å². The molecule has 0 atom stereocenters. The molecule has 0 unspecified atom stereocenters. The first-order valence-corrected chi connectivity index (χ1v) is 7.01. The Labute approximate surface area is 134 Å². The summed E-state index contributed by atoms with van der Waals surface area (Å²) in [4.78, 5) is 17.8. The number of benzene rings is 1. The van der Waals surface area contributed by atoms with Crippen molar-refractivity contribution in [2.24, 2.45) is 0 Å². The topological polar surface area (TPSA) is 47.4 Å². The Morgan fingerprint density at radius 3 is 2.61 bits per heavy atom. The smallest absolute Gasteiger partial charge is 0.352 e. The van der Waals surface area contributed by atoms with Crippen LogP contribution in [0.4, 0.5) is 14.6 Å². The van der Waals surface area contributed by atoms with Gasteiger partial charge in [0, 0.05) is 19.2 Å². The Kier molecular flexibility index (Phi) is 3.02. The van der Waals surface area contributed by atoms with Crippen LogP contribution in [0, 0.1) is 11.6 Å². The summed E-state index contributed by atoms with van der Waals surface area (Å²) >= 11 is 0. The van der Waals surface area contributed by atoms with Gasteiger partial charge in [0.25, 0.3) is 0 Å². The lowest BCUT2D eigenvalue weighted by molar-refractivity contribution is 0.290. The SMILES string of the molecule is [2H]C([2H])(Oc1cc2n(c(=O)n1)CC(C)(C)N2C)c1cc(F)cc(F)c1. The van der Waals surface area contributed by atoms with Gasteiger partial charge >= 0.3 is 5.69 Å². The van der Waals surface area contributed by atoms with Crippen LogP contribution in [0.3, 0.4) is 0 Å². The third kappa shape index (κ3) is 2.91. The van der Waals surface area contributed by atoms with Crippen LogP contribution in [-0.4, -0.2) is 22.1 Å². The van der Waals surface area contributed by atoms with Crippen LogP contribution < -0.4 is 15.3 Å². The lowest BCUT2D eigenvalue weighted by atomic mass is 10.1. The van der Waals surface area contributed by atoms with Crippen LogP contribution in [0.15, 0.2) is 29.1 Å². The van der Waals surface area contributed by atoms with Gasteiger partial charge in [-0.15, -0.1) is 0 Å². The molecule has 122 valence electrons. The molecule has 2 aromatic rings. The van der Waals surface area contributed by atoms with E-state index in [-0.39, 0.29) is 17.0 Å². The molecule has 0 bridgehead atoms. The van der Waals surface area contributed by atoms with Crippen LogP contribution in [0.5, 0.6) is 5.88 Å². The first-order valence-electron chi connectivity index (χ1n) is 8.01. The van der Waals surface area contributed by atoms with Gasteiger partial charge in [0.05, 0.1) is 14.8 Å². The normalized spacial score (nSPS) is 17.5. The molecule has 7 heteroatoms. The Balaban J connectivity index is 1.98. The van der Waals surface area contributed by atoms with Crippen molar-refractivity contribution in [1.82, 2.24) is 9.55 Å². The summed E-state index contributed by atoms with van der Waals surface area (Å²) < 4.78 is 49.2. The molecule has 1 aromatic carbocycles. The van der Waals surface area contributed by atoms with Gasteiger partial charge in [-0.3, -0.25) is 4.57 Å². The minimum atomic E-state index is -2.56. The second kappa shape index (κ2) is 5.33. The van der Waals surface area contributed by atoms with E-state index in [1.54, 1.807) is 7.05 Å². The van der Waals surface area contributed by atoms with Crippen molar-refractivity contribution >= 4 is 5.82 Å². The maximum Gasteiger partial charge on any atom is 0.352 e. The molecule has 0 spiro atoms. The third-order valence-corrected chi connectivity index (χ3v) is 3.90. The van der Waals surface area contributed by atoms with E-state index in [9.17, 15) is 13.6 Å². The Morgan fingerprint density at radius 2 is 1.96 bits per heavy atom. The molecule has 0 fully saturated rings. The first-order chi connectivity index (χ1) is 11.5. The highest BCUT2D eigenvalue weighted by Crippen LogP contribution is 2.31. The Bertz CT molecular complexity index is 879. The zero-order valence-corrected chi connectivity index (χ0v) is 12.9. The van der Waals surface area contributed by atoms with E-state index in [0.29, 0.717) is 18.4 Å². The zero-order chi connectivity index (χ0) is 18.6. The number of ether oxygens (including phenoxy) is 1. The lowest BCUT2D eigenvalue weighted by Crippen LogP contribution is -2.38. The van der Waals surface area contributed by atoms with E-state index in [2.05, 4.69) is 4.98 Å². The van der Waals surface area contributed by atoms with E-state index in [0.717, 1.165) is 12.1 Å². The number of hydrogen-bond acceptors (Lipinski definition) is 4. The summed E-state index contributed by atoms with van der Waals surface area (Å²) in [6, 6.07) is 3.73. The average molecular weight is 323 g/mol. The van der Waals surface area contributed by atoms with Gasteiger partial charge < -0.3 is 9.64 Å². The molecular weight excluding hydrogens is 304 g/mol. The minimum Gasteiger partial charge on any atom is -0.473 e. The standard InChI is InChI=1S/C16H17F2N3O2/c1-16(2)9-21-14(20(16)3)7-13(19-15(21)22)23-8-10-4-11(17)6-12(18)5-10/h4-7H,8-9H2,1-3H3/i8D2. The number of halogens is 2. The molecule has 5 nitrogen and oxygen atoms in total. The summed E-state index contributed by atoms with van der Waals surface area (Å²) in [5, 5.41) is 0. The van der Waals surface area contributed by atoms with Gasteiger partial charge in [0.15, 0.2) is 0 Å². The molecule has 2 heterocycles. The predicted octanol–water partition coefficient (Wildman–Crippen LogP) is 2.33. The van der Waals surface area contributed by atoms with Crippen molar-refractivity contribution in [2.45, 2.75) is 32.5 Å². The molecule has 0 saturated carbocycles. The number of hydrogen-bond donors (Lipinski definition) is 0. The van der Waals surface area contributed by atoms with Gasteiger partial charge in [-0.25, -0.2) is 13.6 Å². The number of anilines is 1. The van der Waals surface area contributed by atoms with Crippen molar-refractivity contribution in [2.75, 3.05) is 11.9 Å². The molecule has 23 heavy (non-hydrogen) atoms. The number of nitrogens with zero attached hydrogens (tertiary/aromatic N) is 3. The minimum absolute atomic E-state index is 0.254. The maximum absolute atomic E-state index is 13.3. The van der Waals surface area contributed by atoms with Crippen LogP contribution in [0.25, 0.3) is 0 Å². The fraction of sp³-hybridized carbons (Fsp3) is 0.375. The van der Waals surface area contributed by atoms with Crippen LogP contribution >= 0.6 is 0 Å². The highest BCUT2D eigenvalue weighted by atomic mass is 19.1. The Hall–Kier alpha value is -2.44. The summed E-state index contributed by atoms with van der Waals surface area (Å²) in [6.45, 7) is 1.78. The van der Waals surface area contributed by atoms with Gasteiger partial charge in [-0.05, 0) is 31.5 Å². The maximum atomic E-state index is 13.3. The second-order valence-electron chi connectivity index (χ2n) is 6.05. The molecule has 0 saturated heterocycles. The fourth-order valence-electron chi connectivity index (χ4n) is 2.48. The molecule has 1 aromatic heterocycles. The molecule has 0 amide bonds. The third-order valence-electron chi connectivity index (χ3n) is 3.90. The average Bonchev–Trinajstić information content (AvgIpc) is 2.69. The van der Waals surface area contributed by atoms with Crippen molar-refractivity contribution < 1.29 is 16.3 Å². The lowest BCUT2D eigenvalue weighted by Gasteiger charge is -2.28. The van der Waals surface area contributed by atoms with Crippen molar-refractivity contribution in [1.29, 1.82) is 0 Å². The Morgan fingerprint density at radius 1 is 1.30 bits per heavy atom. The highest BCUT2D eigenvalue weighted by molar-refractivity contribution is 5.47. The van der Waals surface area contributed by atoms with E-state index < -0.39 is 23.9 Å². The van der Waals surface area contributed by atoms with Crippen molar-refractivity contribution in [3.63, 3.8) is 0 Å². The number of fused-ring (bicyclic) bond motifs is 1. The molecule has 0 aliphatic carbocycles. The van der Waals surface area contributed by atoms with Gasteiger partial charge in [0.2, 0.25) is 5.88 Å². The summed E-state index contributed by atoms with van der Waals surface area (Å²) in [5.41, 5.74) is -1.23. The number of likely N-dealkylation sites (N-methyl/N-ethyl adjacent to an activating group) is 1. The van der Waals surface area contributed by atoms with Gasteiger partial charge in [-0.2, -0.15) is 4.98 Å². The van der Waals surface area contributed by atoms with E-state index in [1.807, 2.05) is 18.7 Å². The van der Waals surface area contributed by atoms with Crippen LogP contribution in [0.2, 0.25) is 0 Å². The quantitative estimate of drug-likeness (QED) is 0.870. The van der Waals surface area contributed by atoms with Gasteiger partial charge in [0.1, 0.15) is 24.0 Å². The molecule has 1 aliphatic rings. The van der Waals surface area contributed by atoms with E-state index in [4.69, 9.17) is 7.48 Å². The zero-order valence-electron chi connectivity index (χ0n) is 14.9. The van der Waals surface area contributed by atoms with Crippen molar-refractivity contribution in [3.8, 4) is 5.88 Å². The molecule has 1 aliphatic heterocycles. The highest BCUT2D eigenvalue weighted by Gasteiger charge is 2.34. The molecule has 3 rings (SSSR count). The summed E-state index contributed by atoms with van der Waals surface area (Å²) in [7, 11) is 1.80. The van der Waals surface area contributed by atoms with E-state index >= 15 is 0 Å². The monoisotopic (exact) mass is 323 g/mol. The molecular formula is C16H17F2N3O2. The van der Waals surface area contributed by atoms with Crippen LogP contribution in [0.1, 0.15) is 22.2 Å². The van der Waals surface area contributed by atoms with E-state index in [1.165, 1.54) is 10.6 Å². The van der Waals surface area contributed by atoms with Gasteiger partial charge in [-0.1, -0.05) is 0 Å².